The Hall–Kier alpha value is -4.65. The van der Waals surface area contributed by atoms with Gasteiger partial charge in [0.25, 0.3) is 0 Å². The molecule has 3 atom stereocenters. The average Bonchev–Trinajstić information content (AvgIpc) is 2.99. The quantitative estimate of drug-likeness (QED) is 0.223. The van der Waals surface area contributed by atoms with Crippen molar-refractivity contribution in [2.75, 3.05) is 0 Å². The Balaban J connectivity index is 1.47. The van der Waals surface area contributed by atoms with Crippen molar-refractivity contribution in [2.45, 2.75) is 51.9 Å². The second kappa shape index (κ2) is 14.1. The van der Waals surface area contributed by atoms with E-state index < -0.39 is 24.1 Å². The first kappa shape index (κ1) is 29.3. The third kappa shape index (κ3) is 8.18. The topological polar surface area (TPSA) is 96.5 Å². The van der Waals surface area contributed by atoms with Gasteiger partial charge in [-0.3, -0.25) is 9.59 Å². The molecular formula is C34H37N3O4. The molecule has 3 amide bonds. The highest BCUT2D eigenvalue weighted by Crippen LogP contribution is 2.24. The molecule has 212 valence electrons. The van der Waals surface area contributed by atoms with Gasteiger partial charge in [0.1, 0.15) is 18.7 Å². The number of amides is 3. The number of carbonyl (C=O) groups excluding carboxylic acids is 3. The van der Waals surface area contributed by atoms with Gasteiger partial charge in [-0.15, -0.1) is 0 Å². The highest BCUT2D eigenvalue weighted by atomic mass is 16.5. The molecule has 0 aliphatic rings. The van der Waals surface area contributed by atoms with E-state index in [1.807, 2.05) is 124 Å². The molecule has 0 unspecified atom stereocenters. The van der Waals surface area contributed by atoms with E-state index in [-0.39, 0.29) is 24.5 Å². The minimum Gasteiger partial charge on any atom is -0.445 e. The van der Waals surface area contributed by atoms with Crippen LogP contribution in [0.4, 0.5) is 4.79 Å². The van der Waals surface area contributed by atoms with E-state index in [9.17, 15) is 14.4 Å². The minimum absolute atomic E-state index is 0.0875. The number of rotatable bonds is 11. The Bertz CT molecular complexity index is 1450. The summed E-state index contributed by atoms with van der Waals surface area (Å²) in [5.74, 6) is -1.00. The molecule has 0 saturated carbocycles. The number of nitrogens with one attached hydrogen (secondary N) is 3. The van der Waals surface area contributed by atoms with Crippen molar-refractivity contribution in [1.82, 2.24) is 16.0 Å². The van der Waals surface area contributed by atoms with Crippen LogP contribution in [0.2, 0.25) is 0 Å². The lowest BCUT2D eigenvalue weighted by molar-refractivity contribution is -0.130. The second-order valence-electron chi connectivity index (χ2n) is 10.5. The van der Waals surface area contributed by atoms with E-state index in [4.69, 9.17) is 4.74 Å². The molecule has 0 aliphatic carbocycles. The van der Waals surface area contributed by atoms with E-state index >= 15 is 0 Å². The van der Waals surface area contributed by atoms with Gasteiger partial charge in [0, 0.05) is 6.42 Å². The molecule has 4 rings (SSSR count). The van der Waals surface area contributed by atoms with Gasteiger partial charge in [-0.25, -0.2) is 4.79 Å². The molecule has 4 aromatic rings. The number of carbonyl (C=O) groups is 3. The van der Waals surface area contributed by atoms with Gasteiger partial charge in [-0.1, -0.05) is 117 Å². The molecule has 0 aliphatic heterocycles. The van der Waals surface area contributed by atoms with Gasteiger partial charge < -0.3 is 20.7 Å². The van der Waals surface area contributed by atoms with Crippen LogP contribution in [0.3, 0.4) is 0 Å². The fourth-order valence-electron chi connectivity index (χ4n) is 4.77. The molecule has 7 heteroatoms. The Labute approximate surface area is 241 Å². The fraction of sp³-hybridized carbons (Fsp3) is 0.265. The van der Waals surface area contributed by atoms with Crippen molar-refractivity contribution in [3.05, 3.63) is 120 Å². The summed E-state index contributed by atoms with van der Waals surface area (Å²) in [6.45, 7) is 5.68. The molecule has 0 heterocycles. The van der Waals surface area contributed by atoms with Crippen molar-refractivity contribution in [3.63, 3.8) is 0 Å². The lowest BCUT2D eigenvalue weighted by atomic mass is 9.98. The van der Waals surface area contributed by atoms with Gasteiger partial charge in [0.15, 0.2) is 0 Å². The van der Waals surface area contributed by atoms with E-state index in [2.05, 4.69) is 16.0 Å². The maximum Gasteiger partial charge on any atom is 0.408 e. The van der Waals surface area contributed by atoms with E-state index in [0.717, 1.165) is 27.5 Å². The fourth-order valence-corrected chi connectivity index (χ4v) is 4.77. The van der Waals surface area contributed by atoms with E-state index in [0.29, 0.717) is 6.42 Å². The van der Waals surface area contributed by atoms with Crippen LogP contribution in [-0.4, -0.2) is 30.0 Å². The van der Waals surface area contributed by atoms with Crippen LogP contribution < -0.4 is 16.0 Å². The number of fused-ring (bicyclic) bond motifs is 1. The van der Waals surface area contributed by atoms with Crippen molar-refractivity contribution >= 4 is 28.7 Å². The molecule has 3 N–H and O–H groups in total. The van der Waals surface area contributed by atoms with Crippen LogP contribution in [-0.2, 0) is 27.4 Å². The summed E-state index contributed by atoms with van der Waals surface area (Å²) in [5.41, 5.74) is 2.74. The first-order chi connectivity index (χ1) is 19.8. The summed E-state index contributed by atoms with van der Waals surface area (Å²) < 4.78 is 5.33. The van der Waals surface area contributed by atoms with Gasteiger partial charge in [-0.05, 0) is 40.3 Å². The van der Waals surface area contributed by atoms with E-state index in [1.54, 1.807) is 0 Å². The van der Waals surface area contributed by atoms with Gasteiger partial charge >= 0.3 is 6.09 Å². The van der Waals surface area contributed by atoms with Crippen molar-refractivity contribution < 1.29 is 19.1 Å². The summed E-state index contributed by atoms with van der Waals surface area (Å²) in [6, 6.07) is 30.8. The molecule has 4 aromatic carbocycles. The first-order valence-corrected chi connectivity index (χ1v) is 13.9. The molecule has 0 bridgehead atoms. The summed E-state index contributed by atoms with van der Waals surface area (Å²) in [4.78, 5) is 39.7. The number of benzene rings is 4. The molecule has 7 nitrogen and oxygen atoms in total. The molecule has 0 saturated heterocycles. The van der Waals surface area contributed by atoms with Gasteiger partial charge in [0.05, 0.1) is 6.04 Å². The van der Waals surface area contributed by atoms with Crippen molar-refractivity contribution in [3.8, 4) is 0 Å². The Kier molecular flexibility index (Phi) is 10.1. The van der Waals surface area contributed by atoms with Crippen molar-refractivity contribution in [2.24, 2.45) is 5.92 Å². The zero-order valence-corrected chi connectivity index (χ0v) is 23.7. The predicted molar refractivity (Wildman–Crippen MR) is 161 cm³/mol. The monoisotopic (exact) mass is 551 g/mol. The van der Waals surface area contributed by atoms with Gasteiger partial charge in [-0.2, -0.15) is 0 Å². The Morgan fingerprint density at radius 2 is 1.27 bits per heavy atom. The number of hydrogen-bond acceptors (Lipinski definition) is 4. The van der Waals surface area contributed by atoms with Crippen LogP contribution in [0.1, 0.15) is 43.5 Å². The normalized spacial score (nSPS) is 13.2. The first-order valence-electron chi connectivity index (χ1n) is 13.9. The number of alkyl carbamates (subject to hydrolysis) is 1. The summed E-state index contributed by atoms with van der Waals surface area (Å²) >= 11 is 0. The maximum atomic E-state index is 13.6. The average molecular weight is 552 g/mol. The van der Waals surface area contributed by atoms with Crippen LogP contribution in [0.25, 0.3) is 10.8 Å². The molecule has 0 aromatic heterocycles. The minimum atomic E-state index is -0.889. The standard InChI is InChI=1S/C34H37N3O4/c1-23(2)31(37-34(40)41-22-26-15-8-5-9-16-26)33(39)36-30(21-25-13-6-4-7-14-25)32(38)35-24(3)28-20-12-18-27-17-10-11-19-29(27)28/h4-20,23-24,30-31H,21-22H2,1-3H3,(H,35,38)(H,36,39)(H,37,40)/t24-,30-,31-/m0/s1. The number of ether oxygens (including phenoxy) is 1. The molecule has 41 heavy (non-hydrogen) atoms. The largest absolute Gasteiger partial charge is 0.445 e. The summed E-state index contributed by atoms with van der Waals surface area (Å²) in [5, 5.41) is 10.8. The lowest BCUT2D eigenvalue weighted by Gasteiger charge is -2.26. The summed E-state index contributed by atoms with van der Waals surface area (Å²) in [7, 11) is 0. The SMILES string of the molecule is CC(C)[C@H](NC(=O)OCc1ccccc1)C(=O)N[C@@H](Cc1ccccc1)C(=O)N[C@@H](C)c1cccc2ccccc12. The lowest BCUT2D eigenvalue weighted by Crippen LogP contribution is -2.56. The van der Waals surface area contributed by atoms with Crippen LogP contribution >= 0.6 is 0 Å². The molecule has 0 spiro atoms. The molecule has 0 fully saturated rings. The summed E-state index contributed by atoms with van der Waals surface area (Å²) in [6.07, 6.45) is -0.402. The van der Waals surface area contributed by atoms with Crippen LogP contribution in [0.5, 0.6) is 0 Å². The predicted octanol–water partition coefficient (Wildman–Crippen LogP) is 5.70. The number of hydrogen-bond donors (Lipinski definition) is 3. The third-order valence-electron chi connectivity index (χ3n) is 7.00. The van der Waals surface area contributed by atoms with Crippen LogP contribution in [0.15, 0.2) is 103 Å². The maximum absolute atomic E-state index is 13.6. The Morgan fingerprint density at radius 3 is 1.95 bits per heavy atom. The smallest absolute Gasteiger partial charge is 0.408 e. The van der Waals surface area contributed by atoms with E-state index in [1.165, 1.54) is 0 Å². The van der Waals surface area contributed by atoms with Gasteiger partial charge in [0.2, 0.25) is 11.8 Å². The highest BCUT2D eigenvalue weighted by Gasteiger charge is 2.30. The molecular weight excluding hydrogens is 514 g/mol. The zero-order valence-electron chi connectivity index (χ0n) is 23.7. The second-order valence-corrected chi connectivity index (χ2v) is 10.5. The zero-order chi connectivity index (χ0) is 29.2. The van der Waals surface area contributed by atoms with Crippen LogP contribution in [0, 0.1) is 5.92 Å². The molecule has 0 radical (unpaired) electrons. The highest BCUT2D eigenvalue weighted by molar-refractivity contribution is 5.92. The third-order valence-corrected chi connectivity index (χ3v) is 7.00. The van der Waals surface area contributed by atoms with Crippen molar-refractivity contribution in [1.29, 1.82) is 0 Å². The Morgan fingerprint density at radius 1 is 0.659 bits per heavy atom.